The van der Waals surface area contributed by atoms with Crippen molar-refractivity contribution in [3.63, 3.8) is 0 Å². The molecule has 0 aromatic carbocycles. The van der Waals surface area contributed by atoms with Gasteiger partial charge in [-0.2, -0.15) is 0 Å². The quantitative estimate of drug-likeness (QED) is 0.467. The highest BCUT2D eigenvalue weighted by molar-refractivity contribution is 5.76. The number of nitrogens with one attached hydrogen (secondary N) is 1. The second kappa shape index (κ2) is 2.82. The van der Waals surface area contributed by atoms with E-state index in [1.54, 1.807) is 0 Å². The van der Waals surface area contributed by atoms with Crippen molar-refractivity contribution in [2.75, 3.05) is 6.54 Å². The van der Waals surface area contributed by atoms with E-state index in [2.05, 4.69) is 5.32 Å². The summed E-state index contributed by atoms with van der Waals surface area (Å²) in [4.78, 5) is 10.7. The van der Waals surface area contributed by atoms with Crippen molar-refractivity contribution in [3.05, 3.63) is 0 Å². The van der Waals surface area contributed by atoms with Gasteiger partial charge in [0.1, 0.15) is 0 Å². The Kier molecular flexibility index (Phi) is 2.05. The fourth-order valence-corrected chi connectivity index (χ4v) is 1.00. The molecular formula is C6H12N2O. The zero-order chi connectivity index (χ0) is 6.69. The van der Waals surface area contributed by atoms with E-state index in [-0.39, 0.29) is 11.9 Å². The van der Waals surface area contributed by atoms with E-state index in [9.17, 15) is 4.79 Å². The molecule has 1 amide bonds. The number of carbonyl (C=O) groups excluding carboxylic acids is 1. The topological polar surface area (TPSA) is 55.1 Å². The number of hydrogen-bond acceptors (Lipinski definition) is 2. The molecular weight excluding hydrogens is 116 g/mol. The molecule has 3 heteroatoms. The van der Waals surface area contributed by atoms with Gasteiger partial charge in [-0.25, -0.2) is 0 Å². The molecule has 1 aliphatic heterocycles. The lowest BCUT2D eigenvalue weighted by molar-refractivity contribution is -0.120. The van der Waals surface area contributed by atoms with E-state index in [0.29, 0.717) is 6.42 Å². The van der Waals surface area contributed by atoms with E-state index in [0.717, 1.165) is 19.4 Å². The minimum atomic E-state index is 0.0903. The molecule has 0 saturated carbocycles. The molecule has 1 fully saturated rings. The Bertz CT molecular complexity index is 114. The average Bonchev–Trinajstić information content (AvgIpc) is 1.93. The maximum absolute atomic E-state index is 10.7. The van der Waals surface area contributed by atoms with Crippen LogP contribution in [0.5, 0.6) is 0 Å². The molecule has 0 aromatic heterocycles. The molecule has 3 nitrogen and oxygen atoms in total. The third-order valence-corrected chi connectivity index (χ3v) is 1.52. The summed E-state index contributed by atoms with van der Waals surface area (Å²) in [6.07, 6.45) is 2.49. The smallest absolute Gasteiger partial charge is 0.221 e. The lowest BCUT2D eigenvalue weighted by Gasteiger charge is -2.02. The molecule has 0 aromatic rings. The van der Waals surface area contributed by atoms with Crippen LogP contribution in [0.2, 0.25) is 0 Å². The molecule has 0 radical (unpaired) electrons. The maximum atomic E-state index is 10.7. The lowest BCUT2D eigenvalue weighted by Crippen LogP contribution is -2.27. The molecule has 0 unspecified atom stereocenters. The van der Waals surface area contributed by atoms with Crippen LogP contribution >= 0.6 is 0 Å². The van der Waals surface area contributed by atoms with Gasteiger partial charge in [0.2, 0.25) is 5.91 Å². The molecule has 1 rings (SSSR count). The summed E-state index contributed by atoms with van der Waals surface area (Å²) in [6, 6.07) is 0.0903. The van der Waals surface area contributed by atoms with E-state index >= 15 is 0 Å². The SMILES string of the molecule is N[C@@H]1CCCNC(=O)C1. The highest BCUT2D eigenvalue weighted by atomic mass is 16.1. The summed E-state index contributed by atoms with van der Waals surface area (Å²) in [7, 11) is 0. The molecule has 1 heterocycles. The van der Waals surface area contributed by atoms with Gasteiger partial charge >= 0.3 is 0 Å². The first-order valence-electron chi connectivity index (χ1n) is 3.31. The van der Waals surface area contributed by atoms with Crippen LogP contribution in [0.15, 0.2) is 0 Å². The molecule has 1 saturated heterocycles. The first-order chi connectivity index (χ1) is 4.29. The number of nitrogens with two attached hydrogens (primary N) is 1. The van der Waals surface area contributed by atoms with E-state index < -0.39 is 0 Å². The first kappa shape index (κ1) is 6.55. The second-order valence-electron chi connectivity index (χ2n) is 2.46. The van der Waals surface area contributed by atoms with Gasteiger partial charge in [-0.05, 0) is 12.8 Å². The predicted octanol–water partition coefficient (Wildman–Crippen LogP) is -0.386. The third-order valence-electron chi connectivity index (χ3n) is 1.52. The maximum Gasteiger partial charge on any atom is 0.221 e. The van der Waals surface area contributed by atoms with Crippen molar-refractivity contribution in [1.29, 1.82) is 0 Å². The van der Waals surface area contributed by atoms with Gasteiger partial charge in [-0.3, -0.25) is 4.79 Å². The Morgan fingerprint density at radius 3 is 3.22 bits per heavy atom. The fraction of sp³-hybridized carbons (Fsp3) is 0.833. The van der Waals surface area contributed by atoms with Crippen LogP contribution in [0.25, 0.3) is 0 Å². The second-order valence-corrected chi connectivity index (χ2v) is 2.46. The summed E-state index contributed by atoms with van der Waals surface area (Å²) in [5, 5.41) is 2.76. The molecule has 1 aliphatic rings. The van der Waals surface area contributed by atoms with Crippen molar-refractivity contribution in [1.82, 2.24) is 5.32 Å². The van der Waals surface area contributed by atoms with Gasteiger partial charge in [-0.15, -0.1) is 0 Å². The van der Waals surface area contributed by atoms with E-state index in [1.807, 2.05) is 0 Å². The van der Waals surface area contributed by atoms with Crippen LogP contribution in [-0.2, 0) is 4.79 Å². The zero-order valence-corrected chi connectivity index (χ0v) is 5.39. The van der Waals surface area contributed by atoms with Crippen LogP contribution in [0, 0.1) is 0 Å². The van der Waals surface area contributed by atoms with Gasteiger partial charge in [0.25, 0.3) is 0 Å². The number of amides is 1. The first-order valence-corrected chi connectivity index (χ1v) is 3.31. The Balaban J connectivity index is 2.37. The van der Waals surface area contributed by atoms with Crippen molar-refractivity contribution >= 4 is 5.91 Å². The van der Waals surface area contributed by atoms with Gasteiger partial charge in [0.15, 0.2) is 0 Å². The number of carbonyl (C=O) groups is 1. The number of rotatable bonds is 0. The summed E-state index contributed by atoms with van der Waals surface area (Å²) in [6.45, 7) is 0.798. The number of hydrogen-bond donors (Lipinski definition) is 2. The van der Waals surface area contributed by atoms with Crippen molar-refractivity contribution in [3.8, 4) is 0 Å². The van der Waals surface area contributed by atoms with Crippen molar-refractivity contribution in [2.24, 2.45) is 5.73 Å². The Morgan fingerprint density at radius 2 is 2.44 bits per heavy atom. The molecule has 9 heavy (non-hydrogen) atoms. The van der Waals surface area contributed by atoms with E-state index in [4.69, 9.17) is 5.73 Å². The standard InChI is InChI=1S/C6H12N2O/c7-5-2-1-3-8-6(9)4-5/h5H,1-4,7H2,(H,8,9)/t5-/m1/s1. The lowest BCUT2D eigenvalue weighted by atomic mass is 10.1. The third kappa shape index (κ3) is 2.01. The molecule has 52 valence electrons. The summed E-state index contributed by atoms with van der Waals surface area (Å²) in [5.74, 6) is 0.0972. The highest BCUT2D eigenvalue weighted by Gasteiger charge is 2.12. The van der Waals surface area contributed by atoms with Gasteiger partial charge in [0, 0.05) is 19.0 Å². The fourth-order valence-electron chi connectivity index (χ4n) is 1.00. The molecule has 0 aliphatic carbocycles. The Labute approximate surface area is 54.6 Å². The zero-order valence-electron chi connectivity index (χ0n) is 5.39. The largest absolute Gasteiger partial charge is 0.356 e. The summed E-state index contributed by atoms with van der Waals surface area (Å²) >= 11 is 0. The van der Waals surface area contributed by atoms with E-state index in [1.165, 1.54) is 0 Å². The normalized spacial score (nSPS) is 29.0. The van der Waals surface area contributed by atoms with Gasteiger partial charge in [0.05, 0.1) is 0 Å². The van der Waals surface area contributed by atoms with Crippen LogP contribution in [0.4, 0.5) is 0 Å². The predicted molar refractivity (Wildman–Crippen MR) is 34.8 cm³/mol. The molecule has 1 atom stereocenters. The Hall–Kier alpha value is -0.570. The van der Waals surface area contributed by atoms with Crippen molar-refractivity contribution < 1.29 is 4.79 Å². The van der Waals surface area contributed by atoms with Crippen LogP contribution in [0.1, 0.15) is 19.3 Å². The highest BCUT2D eigenvalue weighted by Crippen LogP contribution is 2.01. The molecule has 0 spiro atoms. The van der Waals surface area contributed by atoms with Crippen LogP contribution in [0.3, 0.4) is 0 Å². The van der Waals surface area contributed by atoms with Gasteiger partial charge < -0.3 is 11.1 Å². The Morgan fingerprint density at radius 1 is 1.67 bits per heavy atom. The van der Waals surface area contributed by atoms with Gasteiger partial charge in [-0.1, -0.05) is 0 Å². The monoisotopic (exact) mass is 128 g/mol. The average molecular weight is 128 g/mol. The molecule has 0 bridgehead atoms. The minimum absolute atomic E-state index is 0.0903. The van der Waals surface area contributed by atoms with Crippen molar-refractivity contribution in [2.45, 2.75) is 25.3 Å². The summed E-state index contributed by atoms with van der Waals surface area (Å²) in [5.41, 5.74) is 5.56. The van der Waals surface area contributed by atoms with Crippen LogP contribution < -0.4 is 11.1 Å². The van der Waals surface area contributed by atoms with Crippen LogP contribution in [-0.4, -0.2) is 18.5 Å². The molecule has 3 N–H and O–H groups in total. The summed E-state index contributed by atoms with van der Waals surface area (Å²) < 4.78 is 0. The minimum Gasteiger partial charge on any atom is -0.356 e.